The Labute approximate surface area is 98.8 Å². The first-order chi connectivity index (χ1) is 7.29. The fourth-order valence-corrected chi connectivity index (χ4v) is 1.82. The average Bonchev–Trinajstić information content (AvgIpc) is 2.13. The highest BCUT2D eigenvalue weighted by Gasteiger charge is 2.29. The van der Waals surface area contributed by atoms with E-state index in [1.165, 1.54) is 0 Å². The van der Waals surface area contributed by atoms with E-state index >= 15 is 0 Å². The van der Waals surface area contributed by atoms with Gasteiger partial charge in [0.15, 0.2) is 0 Å². The second-order valence-corrected chi connectivity index (χ2v) is 5.50. The van der Waals surface area contributed by atoms with E-state index in [1.54, 1.807) is 6.92 Å². The molecular weight excluding hydrogens is 202 g/mol. The van der Waals surface area contributed by atoms with Crippen molar-refractivity contribution in [2.24, 2.45) is 17.1 Å². The van der Waals surface area contributed by atoms with Crippen molar-refractivity contribution in [3.63, 3.8) is 0 Å². The van der Waals surface area contributed by atoms with Crippen LogP contribution < -0.4 is 5.73 Å². The molecule has 0 saturated carbocycles. The number of carbonyl (C=O) groups excluding carboxylic acids is 2. The molecule has 0 radical (unpaired) electrons. The predicted octanol–water partition coefficient (Wildman–Crippen LogP) is 2.33. The van der Waals surface area contributed by atoms with E-state index in [2.05, 4.69) is 0 Å². The van der Waals surface area contributed by atoms with Crippen molar-refractivity contribution in [1.82, 2.24) is 0 Å². The van der Waals surface area contributed by atoms with Crippen molar-refractivity contribution in [1.29, 1.82) is 0 Å². The van der Waals surface area contributed by atoms with Crippen LogP contribution in [0.15, 0.2) is 0 Å². The number of nitrogens with two attached hydrogens (primary N) is 1. The van der Waals surface area contributed by atoms with Gasteiger partial charge in [0, 0.05) is 17.8 Å². The number of unbranched alkanes of at least 4 members (excludes halogenated alkanes) is 1. The Bertz CT molecular complexity index is 241. The molecule has 0 bridgehead atoms. The molecule has 0 heterocycles. The van der Waals surface area contributed by atoms with Crippen LogP contribution in [0.2, 0.25) is 0 Å². The molecule has 0 spiro atoms. The Morgan fingerprint density at radius 2 is 1.75 bits per heavy atom. The third-order valence-electron chi connectivity index (χ3n) is 2.65. The summed E-state index contributed by atoms with van der Waals surface area (Å²) in [6.07, 6.45) is 3.01. The van der Waals surface area contributed by atoms with Crippen LogP contribution in [0.3, 0.4) is 0 Å². The highest BCUT2D eigenvalue weighted by atomic mass is 16.1. The molecule has 94 valence electrons. The summed E-state index contributed by atoms with van der Waals surface area (Å²) in [6, 6.07) is 0. The van der Waals surface area contributed by atoms with Crippen molar-refractivity contribution in [3.8, 4) is 0 Å². The van der Waals surface area contributed by atoms with Crippen molar-refractivity contribution in [2.75, 3.05) is 6.54 Å². The van der Waals surface area contributed by atoms with Gasteiger partial charge in [-0.1, -0.05) is 27.2 Å². The molecule has 0 aromatic heterocycles. The highest BCUT2D eigenvalue weighted by Crippen LogP contribution is 2.26. The molecule has 0 saturated heterocycles. The monoisotopic (exact) mass is 227 g/mol. The molecular formula is C13H25NO2. The van der Waals surface area contributed by atoms with Crippen molar-refractivity contribution >= 4 is 11.6 Å². The number of rotatable bonds is 7. The number of carbonyl (C=O) groups is 2. The van der Waals surface area contributed by atoms with Gasteiger partial charge in [0.05, 0.1) is 0 Å². The third kappa shape index (κ3) is 6.01. The van der Waals surface area contributed by atoms with E-state index in [1.807, 2.05) is 20.8 Å². The molecule has 0 amide bonds. The lowest BCUT2D eigenvalue weighted by Crippen LogP contribution is -2.29. The maximum Gasteiger partial charge on any atom is 0.141 e. The van der Waals surface area contributed by atoms with Crippen LogP contribution in [0.25, 0.3) is 0 Å². The van der Waals surface area contributed by atoms with Crippen LogP contribution in [0.4, 0.5) is 0 Å². The zero-order valence-corrected chi connectivity index (χ0v) is 11.0. The summed E-state index contributed by atoms with van der Waals surface area (Å²) in [7, 11) is 0. The van der Waals surface area contributed by atoms with E-state index in [-0.39, 0.29) is 22.9 Å². The normalized spacial score (nSPS) is 13.6. The van der Waals surface area contributed by atoms with Gasteiger partial charge in [0.1, 0.15) is 11.6 Å². The SMILES string of the molecule is CC(=O)CC(CCCCN)C(=O)C(C)(C)C. The first kappa shape index (κ1) is 15.3. The first-order valence-electron chi connectivity index (χ1n) is 6.03. The minimum absolute atomic E-state index is 0.0929. The zero-order valence-electron chi connectivity index (χ0n) is 11.0. The summed E-state index contributed by atoms with van der Waals surface area (Å²) in [5, 5.41) is 0. The summed E-state index contributed by atoms with van der Waals surface area (Å²) in [6.45, 7) is 7.92. The number of ketones is 2. The molecule has 1 atom stereocenters. The fraction of sp³-hybridized carbons (Fsp3) is 0.846. The van der Waals surface area contributed by atoms with Crippen molar-refractivity contribution in [2.45, 2.75) is 53.4 Å². The number of Topliss-reactive ketones (excluding diaryl/α,β-unsaturated/α-hetero) is 2. The van der Waals surface area contributed by atoms with Crippen LogP contribution in [0, 0.1) is 11.3 Å². The van der Waals surface area contributed by atoms with Gasteiger partial charge in [0.2, 0.25) is 0 Å². The quantitative estimate of drug-likeness (QED) is 0.679. The molecule has 2 N–H and O–H groups in total. The minimum Gasteiger partial charge on any atom is -0.330 e. The van der Waals surface area contributed by atoms with Crippen LogP contribution >= 0.6 is 0 Å². The fourth-order valence-electron chi connectivity index (χ4n) is 1.82. The minimum atomic E-state index is -0.358. The zero-order chi connectivity index (χ0) is 12.8. The molecule has 0 aliphatic heterocycles. The lowest BCUT2D eigenvalue weighted by Gasteiger charge is -2.24. The van der Waals surface area contributed by atoms with E-state index in [9.17, 15) is 9.59 Å². The number of hydrogen-bond acceptors (Lipinski definition) is 3. The van der Waals surface area contributed by atoms with E-state index in [0.717, 1.165) is 19.3 Å². The van der Waals surface area contributed by atoms with Gasteiger partial charge in [-0.25, -0.2) is 0 Å². The summed E-state index contributed by atoms with van der Waals surface area (Å²) >= 11 is 0. The maximum absolute atomic E-state index is 12.1. The van der Waals surface area contributed by atoms with E-state index in [4.69, 9.17) is 5.73 Å². The Balaban J connectivity index is 4.42. The summed E-state index contributed by atoms with van der Waals surface area (Å²) in [5.41, 5.74) is 5.07. The van der Waals surface area contributed by atoms with Gasteiger partial charge in [-0.3, -0.25) is 4.79 Å². The van der Waals surface area contributed by atoms with Gasteiger partial charge in [-0.15, -0.1) is 0 Å². The van der Waals surface area contributed by atoms with Crippen LogP contribution in [-0.2, 0) is 9.59 Å². The second kappa shape index (κ2) is 6.79. The van der Waals surface area contributed by atoms with E-state index in [0.29, 0.717) is 13.0 Å². The van der Waals surface area contributed by atoms with Crippen LogP contribution in [0.5, 0.6) is 0 Å². The van der Waals surface area contributed by atoms with Crippen molar-refractivity contribution < 1.29 is 9.59 Å². The molecule has 0 aromatic carbocycles. The van der Waals surface area contributed by atoms with Crippen molar-refractivity contribution in [3.05, 3.63) is 0 Å². The lowest BCUT2D eigenvalue weighted by molar-refractivity contribution is -0.133. The second-order valence-electron chi connectivity index (χ2n) is 5.50. The Morgan fingerprint density at radius 1 is 1.19 bits per heavy atom. The van der Waals surface area contributed by atoms with Gasteiger partial charge in [-0.2, -0.15) is 0 Å². The van der Waals surface area contributed by atoms with Crippen LogP contribution in [0.1, 0.15) is 53.4 Å². The standard InChI is InChI=1S/C13H25NO2/c1-10(15)9-11(7-5-6-8-14)12(16)13(2,3)4/h11H,5-9,14H2,1-4H3. The third-order valence-corrected chi connectivity index (χ3v) is 2.65. The molecule has 0 aliphatic rings. The van der Waals surface area contributed by atoms with Gasteiger partial charge in [-0.05, 0) is 26.3 Å². The summed E-state index contributed by atoms with van der Waals surface area (Å²) < 4.78 is 0. The molecule has 0 fully saturated rings. The molecule has 0 aromatic rings. The molecule has 3 heteroatoms. The van der Waals surface area contributed by atoms with Gasteiger partial charge < -0.3 is 10.5 Å². The highest BCUT2D eigenvalue weighted by molar-refractivity contribution is 5.90. The smallest absolute Gasteiger partial charge is 0.141 e. The lowest BCUT2D eigenvalue weighted by atomic mass is 9.79. The molecule has 1 unspecified atom stereocenters. The number of hydrogen-bond donors (Lipinski definition) is 1. The molecule has 3 nitrogen and oxygen atoms in total. The maximum atomic E-state index is 12.1. The van der Waals surface area contributed by atoms with Crippen LogP contribution in [-0.4, -0.2) is 18.1 Å². The largest absolute Gasteiger partial charge is 0.330 e. The van der Waals surface area contributed by atoms with E-state index < -0.39 is 0 Å². The molecule has 16 heavy (non-hydrogen) atoms. The molecule has 0 aliphatic carbocycles. The Hall–Kier alpha value is -0.700. The molecule has 0 rings (SSSR count). The van der Waals surface area contributed by atoms with Gasteiger partial charge >= 0.3 is 0 Å². The topological polar surface area (TPSA) is 60.2 Å². The summed E-state index contributed by atoms with van der Waals surface area (Å²) in [4.78, 5) is 23.3. The Kier molecular flexibility index (Phi) is 6.49. The average molecular weight is 227 g/mol. The first-order valence-corrected chi connectivity index (χ1v) is 6.03. The van der Waals surface area contributed by atoms with Gasteiger partial charge in [0.25, 0.3) is 0 Å². The predicted molar refractivity (Wildman–Crippen MR) is 66.2 cm³/mol. The summed E-state index contributed by atoms with van der Waals surface area (Å²) in [5.74, 6) is 0.166. The Morgan fingerprint density at radius 3 is 2.12 bits per heavy atom.